The standard InChI is InChI=1S/C18H23N5O2S/c1-5-25-15-11-20-14(10-21-15)16(24)22-13-8-6-7-12(9-13)18(2,3)23-17(19)26-4/h6-11H,5H2,1-4H3,(H2,19,23)(H,22,24). The van der Waals surface area contributed by atoms with Crippen molar-refractivity contribution in [3.63, 3.8) is 0 Å². The van der Waals surface area contributed by atoms with Crippen LogP contribution in [0.5, 0.6) is 5.88 Å². The number of nitrogens with two attached hydrogens (primary N) is 1. The Labute approximate surface area is 157 Å². The number of rotatable bonds is 6. The van der Waals surface area contributed by atoms with E-state index < -0.39 is 5.54 Å². The molecular formula is C18H23N5O2S. The topological polar surface area (TPSA) is 102 Å². The van der Waals surface area contributed by atoms with Gasteiger partial charge in [0, 0.05) is 5.69 Å². The minimum Gasteiger partial charge on any atom is -0.477 e. The highest BCUT2D eigenvalue weighted by Crippen LogP contribution is 2.27. The largest absolute Gasteiger partial charge is 0.477 e. The predicted molar refractivity (Wildman–Crippen MR) is 106 cm³/mol. The number of anilines is 1. The Balaban J connectivity index is 2.16. The number of amidine groups is 1. The summed E-state index contributed by atoms with van der Waals surface area (Å²) < 4.78 is 5.22. The first-order valence-corrected chi connectivity index (χ1v) is 9.34. The van der Waals surface area contributed by atoms with Gasteiger partial charge in [0.15, 0.2) is 5.17 Å². The molecule has 26 heavy (non-hydrogen) atoms. The van der Waals surface area contributed by atoms with E-state index in [0.717, 1.165) is 5.56 Å². The molecule has 0 saturated carbocycles. The van der Waals surface area contributed by atoms with Crippen molar-refractivity contribution in [3.8, 4) is 5.88 Å². The van der Waals surface area contributed by atoms with Crippen molar-refractivity contribution in [1.82, 2.24) is 9.97 Å². The molecule has 0 bridgehead atoms. The van der Waals surface area contributed by atoms with Gasteiger partial charge in [-0.1, -0.05) is 23.9 Å². The van der Waals surface area contributed by atoms with Crippen LogP contribution in [0.1, 0.15) is 36.8 Å². The van der Waals surface area contributed by atoms with E-state index in [1.165, 1.54) is 24.2 Å². The lowest BCUT2D eigenvalue weighted by Gasteiger charge is -2.21. The third-order valence-electron chi connectivity index (χ3n) is 3.58. The average Bonchev–Trinajstić information content (AvgIpc) is 2.62. The number of benzene rings is 1. The van der Waals surface area contributed by atoms with Crippen molar-refractivity contribution in [2.75, 3.05) is 18.2 Å². The van der Waals surface area contributed by atoms with Crippen molar-refractivity contribution in [1.29, 1.82) is 0 Å². The molecule has 1 aromatic carbocycles. The van der Waals surface area contributed by atoms with Gasteiger partial charge in [-0.2, -0.15) is 0 Å². The molecule has 0 aliphatic rings. The summed E-state index contributed by atoms with van der Waals surface area (Å²) in [4.78, 5) is 25.0. The van der Waals surface area contributed by atoms with Crippen LogP contribution in [0.2, 0.25) is 0 Å². The van der Waals surface area contributed by atoms with Crippen molar-refractivity contribution in [3.05, 3.63) is 47.9 Å². The van der Waals surface area contributed by atoms with Crippen LogP contribution in [0, 0.1) is 0 Å². The summed E-state index contributed by atoms with van der Waals surface area (Å²) in [6.07, 6.45) is 4.69. The third kappa shape index (κ3) is 5.19. The van der Waals surface area contributed by atoms with E-state index >= 15 is 0 Å². The Morgan fingerprint density at radius 3 is 2.73 bits per heavy atom. The number of nitrogens with one attached hydrogen (secondary N) is 1. The molecule has 138 valence electrons. The van der Waals surface area contributed by atoms with Crippen molar-refractivity contribution in [2.24, 2.45) is 10.7 Å². The van der Waals surface area contributed by atoms with Crippen LogP contribution in [0.15, 0.2) is 41.7 Å². The summed E-state index contributed by atoms with van der Waals surface area (Å²) in [5.41, 5.74) is 7.13. The fraction of sp³-hybridized carbons (Fsp3) is 0.333. The number of amides is 1. The lowest BCUT2D eigenvalue weighted by molar-refractivity contribution is 0.102. The second kappa shape index (κ2) is 8.66. The first-order valence-electron chi connectivity index (χ1n) is 8.11. The Morgan fingerprint density at radius 1 is 1.35 bits per heavy atom. The Kier molecular flexibility index (Phi) is 6.57. The summed E-state index contributed by atoms with van der Waals surface area (Å²) in [6.45, 7) is 6.28. The second-order valence-electron chi connectivity index (χ2n) is 5.92. The number of ether oxygens (including phenoxy) is 1. The fourth-order valence-corrected chi connectivity index (χ4v) is 2.53. The maximum absolute atomic E-state index is 12.4. The zero-order chi connectivity index (χ0) is 19.2. The smallest absolute Gasteiger partial charge is 0.275 e. The van der Waals surface area contributed by atoms with E-state index in [-0.39, 0.29) is 11.6 Å². The molecule has 0 unspecified atom stereocenters. The first-order chi connectivity index (χ1) is 12.4. The van der Waals surface area contributed by atoms with Crippen LogP contribution < -0.4 is 15.8 Å². The predicted octanol–water partition coefficient (Wildman–Crippen LogP) is 3.04. The SMILES string of the molecule is CCOc1cnc(C(=O)Nc2cccc(C(C)(C)N=C(N)SC)c2)cn1. The van der Waals surface area contributed by atoms with Gasteiger partial charge in [-0.3, -0.25) is 9.79 Å². The summed E-state index contributed by atoms with van der Waals surface area (Å²) in [6, 6.07) is 7.49. The van der Waals surface area contributed by atoms with E-state index in [9.17, 15) is 4.79 Å². The second-order valence-corrected chi connectivity index (χ2v) is 6.75. The highest BCUT2D eigenvalue weighted by molar-refractivity contribution is 8.13. The van der Waals surface area contributed by atoms with Gasteiger partial charge in [0.25, 0.3) is 5.91 Å². The number of carbonyl (C=O) groups excluding carboxylic acids is 1. The Hall–Kier alpha value is -2.61. The van der Waals surface area contributed by atoms with Crippen molar-refractivity contribution >= 4 is 28.5 Å². The van der Waals surface area contributed by atoms with Crippen LogP contribution in [0.3, 0.4) is 0 Å². The van der Waals surface area contributed by atoms with Gasteiger partial charge in [-0.25, -0.2) is 9.97 Å². The molecule has 1 amide bonds. The number of thioether (sulfide) groups is 1. The normalized spacial score (nSPS) is 11.9. The monoisotopic (exact) mass is 373 g/mol. The van der Waals surface area contributed by atoms with Crippen LogP contribution in [-0.2, 0) is 5.54 Å². The van der Waals surface area contributed by atoms with Crippen molar-refractivity contribution in [2.45, 2.75) is 26.3 Å². The average molecular weight is 373 g/mol. The maximum atomic E-state index is 12.4. The van der Waals surface area contributed by atoms with Crippen molar-refractivity contribution < 1.29 is 9.53 Å². The lowest BCUT2D eigenvalue weighted by Crippen LogP contribution is -2.20. The Bertz CT molecular complexity index is 790. The molecule has 0 fully saturated rings. The summed E-state index contributed by atoms with van der Waals surface area (Å²) in [5, 5.41) is 3.33. The molecule has 0 radical (unpaired) electrons. The highest BCUT2D eigenvalue weighted by atomic mass is 32.2. The van der Waals surface area contributed by atoms with Crippen LogP contribution in [-0.4, -0.2) is 33.9 Å². The number of aliphatic imine (C=N–C) groups is 1. The third-order valence-corrected chi connectivity index (χ3v) is 4.09. The number of carbonyl (C=O) groups is 1. The summed E-state index contributed by atoms with van der Waals surface area (Å²) in [5.74, 6) is 0.0414. The van der Waals surface area contributed by atoms with E-state index in [1.54, 1.807) is 6.07 Å². The fourth-order valence-electron chi connectivity index (χ4n) is 2.21. The van der Waals surface area contributed by atoms with Crippen LogP contribution in [0.4, 0.5) is 5.69 Å². The number of hydrogen-bond acceptors (Lipinski definition) is 6. The van der Waals surface area contributed by atoms with Crippen LogP contribution >= 0.6 is 11.8 Å². The summed E-state index contributed by atoms with van der Waals surface area (Å²) >= 11 is 1.40. The molecule has 3 N–H and O–H groups in total. The van der Waals surface area contributed by atoms with Gasteiger partial charge in [0.05, 0.1) is 24.5 Å². The molecule has 1 aromatic heterocycles. The van der Waals surface area contributed by atoms with Gasteiger partial charge >= 0.3 is 0 Å². The first kappa shape index (κ1) is 19.7. The van der Waals surface area contributed by atoms with Gasteiger partial charge in [-0.15, -0.1) is 0 Å². The zero-order valence-electron chi connectivity index (χ0n) is 15.3. The number of aromatic nitrogens is 2. The van der Waals surface area contributed by atoms with Gasteiger partial charge in [0.2, 0.25) is 5.88 Å². The molecule has 0 aliphatic heterocycles. The molecule has 8 heteroatoms. The van der Waals surface area contributed by atoms with E-state index in [2.05, 4.69) is 20.3 Å². The van der Waals surface area contributed by atoms with Crippen LogP contribution in [0.25, 0.3) is 0 Å². The Morgan fingerprint density at radius 2 is 2.12 bits per heavy atom. The maximum Gasteiger partial charge on any atom is 0.275 e. The van der Waals surface area contributed by atoms with E-state index in [0.29, 0.717) is 23.3 Å². The molecule has 0 atom stereocenters. The molecule has 0 spiro atoms. The minimum absolute atomic E-state index is 0.211. The van der Waals surface area contributed by atoms with Gasteiger partial charge in [-0.05, 0) is 44.7 Å². The molecule has 0 aliphatic carbocycles. The van der Waals surface area contributed by atoms with Gasteiger partial charge < -0.3 is 15.8 Å². The lowest BCUT2D eigenvalue weighted by atomic mass is 9.95. The molecule has 0 saturated heterocycles. The molecule has 7 nitrogen and oxygen atoms in total. The molecule has 2 aromatic rings. The van der Waals surface area contributed by atoms with E-state index in [4.69, 9.17) is 10.5 Å². The molecule has 1 heterocycles. The quantitative estimate of drug-likeness (QED) is 0.596. The highest BCUT2D eigenvalue weighted by Gasteiger charge is 2.20. The number of nitrogens with zero attached hydrogens (tertiary/aromatic N) is 3. The number of hydrogen-bond donors (Lipinski definition) is 2. The minimum atomic E-state index is -0.507. The van der Waals surface area contributed by atoms with E-state index in [1.807, 2.05) is 45.2 Å². The molecular weight excluding hydrogens is 350 g/mol. The van der Waals surface area contributed by atoms with Gasteiger partial charge in [0.1, 0.15) is 5.69 Å². The zero-order valence-corrected chi connectivity index (χ0v) is 16.1. The summed E-state index contributed by atoms with van der Waals surface area (Å²) in [7, 11) is 0. The molecule has 2 rings (SSSR count).